The van der Waals surface area contributed by atoms with Gasteiger partial charge in [-0.2, -0.15) is 5.26 Å². The summed E-state index contributed by atoms with van der Waals surface area (Å²) in [7, 11) is 2.24. The standard InChI is InChI=1S/C13H12ClNO5/c1-7-8(6-15)4-9(14)5-10(7)20-11(12(16)18-2)13(17)19-3/h4-5,11H,1-3H3. The lowest BCUT2D eigenvalue weighted by molar-refractivity contribution is -0.163. The Morgan fingerprint density at radius 1 is 1.25 bits per heavy atom. The van der Waals surface area contributed by atoms with E-state index in [1.165, 1.54) is 12.1 Å². The monoisotopic (exact) mass is 297 g/mol. The van der Waals surface area contributed by atoms with Crippen LogP contribution >= 0.6 is 11.6 Å². The molecule has 0 fully saturated rings. The minimum Gasteiger partial charge on any atom is -0.466 e. The van der Waals surface area contributed by atoms with Crippen molar-refractivity contribution in [3.63, 3.8) is 0 Å². The molecule has 0 aliphatic carbocycles. The Labute approximate surface area is 120 Å². The molecule has 0 spiro atoms. The number of halogens is 1. The molecule has 0 aliphatic heterocycles. The van der Waals surface area contributed by atoms with Crippen LogP contribution in [0.25, 0.3) is 0 Å². The molecule has 0 bridgehead atoms. The summed E-state index contributed by atoms with van der Waals surface area (Å²) in [5, 5.41) is 9.21. The number of esters is 2. The fourth-order valence-corrected chi connectivity index (χ4v) is 1.63. The van der Waals surface area contributed by atoms with E-state index in [9.17, 15) is 9.59 Å². The van der Waals surface area contributed by atoms with E-state index < -0.39 is 18.0 Å². The van der Waals surface area contributed by atoms with Gasteiger partial charge >= 0.3 is 11.9 Å². The van der Waals surface area contributed by atoms with Crippen LogP contribution < -0.4 is 4.74 Å². The molecule has 0 N–H and O–H groups in total. The molecule has 1 rings (SSSR count). The van der Waals surface area contributed by atoms with Crippen LogP contribution in [0.5, 0.6) is 5.75 Å². The SMILES string of the molecule is COC(=O)C(Oc1cc(Cl)cc(C#N)c1C)C(=O)OC. The van der Waals surface area contributed by atoms with Crippen LogP contribution in [0.4, 0.5) is 0 Å². The van der Waals surface area contributed by atoms with Crippen molar-refractivity contribution in [2.24, 2.45) is 0 Å². The summed E-state index contributed by atoms with van der Waals surface area (Å²) < 4.78 is 14.2. The van der Waals surface area contributed by atoms with Crippen molar-refractivity contribution < 1.29 is 23.8 Å². The third-order valence-electron chi connectivity index (χ3n) is 2.52. The normalized spacial score (nSPS) is 9.80. The summed E-state index contributed by atoms with van der Waals surface area (Å²) in [5.74, 6) is -1.68. The van der Waals surface area contributed by atoms with E-state index in [2.05, 4.69) is 9.47 Å². The van der Waals surface area contributed by atoms with Crippen LogP contribution in [-0.2, 0) is 19.1 Å². The van der Waals surface area contributed by atoms with E-state index in [-0.39, 0.29) is 16.3 Å². The van der Waals surface area contributed by atoms with Crippen molar-refractivity contribution >= 4 is 23.5 Å². The second-order valence-electron chi connectivity index (χ2n) is 3.73. The molecular weight excluding hydrogens is 286 g/mol. The first kappa shape index (κ1) is 15.8. The minimum atomic E-state index is -1.58. The van der Waals surface area contributed by atoms with Crippen LogP contribution in [-0.4, -0.2) is 32.3 Å². The zero-order valence-electron chi connectivity index (χ0n) is 11.1. The van der Waals surface area contributed by atoms with Gasteiger partial charge in [0.1, 0.15) is 5.75 Å². The van der Waals surface area contributed by atoms with E-state index in [1.807, 2.05) is 6.07 Å². The molecule has 0 aromatic heterocycles. The molecule has 0 amide bonds. The number of ether oxygens (including phenoxy) is 3. The Hall–Kier alpha value is -2.26. The van der Waals surface area contributed by atoms with Crippen LogP contribution in [0.2, 0.25) is 5.02 Å². The van der Waals surface area contributed by atoms with Gasteiger partial charge in [0.25, 0.3) is 6.10 Å². The molecule has 0 saturated carbocycles. The van der Waals surface area contributed by atoms with Crippen LogP contribution in [0, 0.1) is 18.3 Å². The van der Waals surface area contributed by atoms with E-state index in [1.54, 1.807) is 6.92 Å². The number of nitriles is 1. The average molecular weight is 298 g/mol. The molecule has 7 heteroatoms. The summed E-state index contributed by atoms with van der Waals surface area (Å²) in [5.41, 5.74) is 0.732. The summed E-state index contributed by atoms with van der Waals surface area (Å²) in [6.07, 6.45) is -1.58. The zero-order valence-corrected chi connectivity index (χ0v) is 11.9. The van der Waals surface area contributed by atoms with Gasteiger partial charge in [-0.3, -0.25) is 0 Å². The quantitative estimate of drug-likeness (QED) is 0.620. The maximum Gasteiger partial charge on any atom is 0.359 e. The Morgan fingerprint density at radius 3 is 2.25 bits per heavy atom. The molecule has 20 heavy (non-hydrogen) atoms. The number of benzene rings is 1. The molecule has 0 unspecified atom stereocenters. The summed E-state index contributed by atoms with van der Waals surface area (Å²) >= 11 is 5.85. The van der Waals surface area contributed by atoms with Gasteiger partial charge in [-0.25, -0.2) is 9.59 Å². The molecular formula is C13H12ClNO5. The maximum atomic E-state index is 11.5. The molecule has 1 aromatic rings. The van der Waals surface area contributed by atoms with Crippen molar-refractivity contribution in [1.29, 1.82) is 5.26 Å². The van der Waals surface area contributed by atoms with E-state index in [0.717, 1.165) is 14.2 Å². The molecule has 1 aromatic carbocycles. The Balaban J connectivity index is 3.18. The predicted molar refractivity (Wildman–Crippen MR) is 69.4 cm³/mol. The minimum absolute atomic E-state index is 0.134. The second-order valence-corrected chi connectivity index (χ2v) is 4.17. The van der Waals surface area contributed by atoms with Crippen LogP contribution in [0.15, 0.2) is 12.1 Å². The van der Waals surface area contributed by atoms with E-state index in [0.29, 0.717) is 5.56 Å². The lowest BCUT2D eigenvalue weighted by Crippen LogP contribution is -2.37. The van der Waals surface area contributed by atoms with Gasteiger partial charge in [0, 0.05) is 10.6 Å². The molecule has 106 valence electrons. The number of hydrogen-bond donors (Lipinski definition) is 0. The highest BCUT2D eigenvalue weighted by atomic mass is 35.5. The van der Waals surface area contributed by atoms with Gasteiger partial charge in [-0.05, 0) is 19.1 Å². The molecule has 0 atom stereocenters. The number of rotatable bonds is 4. The predicted octanol–water partition coefficient (Wildman–Crippen LogP) is 1.61. The van der Waals surface area contributed by atoms with Crippen molar-refractivity contribution in [3.8, 4) is 11.8 Å². The van der Waals surface area contributed by atoms with Crippen LogP contribution in [0.1, 0.15) is 11.1 Å². The van der Waals surface area contributed by atoms with Gasteiger partial charge in [-0.1, -0.05) is 11.6 Å². The van der Waals surface area contributed by atoms with Gasteiger partial charge in [0.2, 0.25) is 0 Å². The van der Waals surface area contributed by atoms with Crippen LogP contribution in [0.3, 0.4) is 0 Å². The maximum absolute atomic E-state index is 11.5. The van der Waals surface area contributed by atoms with Crippen molar-refractivity contribution in [2.75, 3.05) is 14.2 Å². The summed E-state index contributed by atoms with van der Waals surface area (Å²) in [4.78, 5) is 23.0. The third-order valence-corrected chi connectivity index (χ3v) is 2.74. The Morgan fingerprint density at radius 2 is 1.80 bits per heavy atom. The smallest absolute Gasteiger partial charge is 0.359 e. The number of carbonyl (C=O) groups is 2. The molecule has 0 radical (unpaired) electrons. The molecule has 0 heterocycles. The highest BCUT2D eigenvalue weighted by Gasteiger charge is 2.31. The lowest BCUT2D eigenvalue weighted by atomic mass is 10.1. The highest BCUT2D eigenvalue weighted by Crippen LogP contribution is 2.27. The van der Waals surface area contributed by atoms with Crippen molar-refractivity contribution in [2.45, 2.75) is 13.0 Å². The Kier molecular flexibility index (Phi) is 5.35. The number of carbonyl (C=O) groups excluding carboxylic acids is 2. The number of hydrogen-bond acceptors (Lipinski definition) is 6. The van der Waals surface area contributed by atoms with Gasteiger partial charge < -0.3 is 14.2 Å². The second kappa shape index (κ2) is 6.78. The number of nitrogens with zero attached hydrogens (tertiary/aromatic N) is 1. The Bertz CT molecular complexity index is 563. The average Bonchev–Trinajstić information content (AvgIpc) is 2.45. The van der Waals surface area contributed by atoms with Gasteiger partial charge in [-0.15, -0.1) is 0 Å². The first-order valence-electron chi connectivity index (χ1n) is 5.47. The lowest BCUT2D eigenvalue weighted by Gasteiger charge is -2.16. The highest BCUT2D eigenvalue weighted by molar-refractivity contribution is 6.30. The number of methoxy groups -OCH3 is 2. The topological polar surface area (TPSA) is 85.6 Å². The van der Waals surface area contributed by atoms with Crippen molar-refractivity contribution in [1.82, 2.24) is 0 Å². The van der Waals surface area contributed by atoms with Gasteiger partial charge in [0.15, 0.2) is 0 Å². The molecule has 0 saturated heterocycles. The molecule has 0 aliphatic rings. The van der Waals surface area contributed by atoms with Crippen molar-refractivity contribution in [3.05, 3.63) is 28.3 Å². The summed E-state index contributed by atoms with van der Waals surface area (Å²) in [6, 6.07) is 4.79. The largest absolute Gasteiger partial charge is 0.466 e. The summed E-state index contributed by atoms with van der Waals surface area (Å²) in [6.45, 7) is 1.61. The third kappa shape index (κ3) is 3.39. The molecule has 6 nitrogen and oxygen atoms in total. The first-order chi connectivity index (χ1) is 9.44. The van der Waals surface area contributed by atoms with E-state index >= 15 is 0 Å². The zero-order chi connectivity index (χ0) is 15.3. The van der Waals surface area contributed by atoms with E-state index in [4.69, 9.17) is 21.6 Å². The van der Waals surface area contributed by atoms with Gasteiger partial charge in [0.05, 0.1) is 25.9 Å². The first-order valence-corrected chi connectivity index (χ1v) is 5.85. The fourth-order valence-electron chi connectivity index (χ4n) is 1.43. The fraction of sp³-hybridized carbons (Fsp3) is 0.308.